The second-order valence-electron chi connectivity index (χ2n) is 8.63. The normalized spacial score (nSPS) is 15.1. The molecule has 4 aromatic rings. The molecular formula is C29H25BrN2O5S2. The smallest absolute Gasteiger partial charge is 0.338 e. The number of allylic oxidation sites excluding steroid dienone is 1. The molecule has 0 amide bonds. The van der Waals surface area contributed by atoms with Crippen LogP contribution in [0.25, 0.3) is 6.08 Å². The van der Waals surface area contributed by atoms with Crippen molar-refractivity contribution in [2.45, 2.75) is 26.5 Å². The van der Waals surface area contributed by atoms with Crippen LogP contribution in [0.4, 0.5) is 0 Å². The summed E-state index contributed by atoms with van der Waals surface area (Å²) in [4.78, 5) is 32.7. The standard InChI is InChI=1S/C29H25BrN2O5S2/c1-4-36-28(34)24-17(2)31-29-32(25(24)22-11-8-12-38-22)27(33)23(39-29)15-19-13-20(30)26(21(14-19)35-3)37-16-18-9-6-5-7-10-18/h5-15,25H,4,16H2,1-3H3/b23-15-/t25-/m0/s1. The first kappa shape index (κ1) is 27.1. The minimum absolute atomic E-state index is 0.231. The Balaban J connectivity index is 1.56. The zero-order valence-electron chi connectivity index (χ0n) is 21.5. The summed E-state index contributed by atoms with van der Waals surface area (Å²) in [7, 11) is 1.58. The lowest BCUT2D eigenvalue weighted by atomic mass is 10.0. The van der Waals surface area contributed by atoms with E-state index in [1.165, 1.54) is 22.7 Å². The molecule has 0 bridgehead atoms. The summed E-state index contributed by atoms with van der Waals surface area (Å²) in [6, 6.07) is 16.8. The molecule has 7 nitrogen and oxygen atoms in total. The fourth-order valence-electron chi connectivity index (χ4n) is 4.35. The van der Waals surface area contributed by atoms with Gasteiger partial charge >= 0.3 is 5.97 Å². The monoisotopic (exact) mass is 624 g/mol. The molecule has 1 aliphatic rings. The van der Waals surface area contributed by atoms with E-state index in [1.807, 2.05) is 60.0 Å². The van der Waals surface area contributed by atoms with Gasteiger partial charge in [-0.15, -0.1) is 11.3 Å². The number of fused-ring (bicyclic) bond motifs is 1. The van der Waals surface area contributed by atoms with E-state index in [9.17, 15) is 9.59 Å². The number of thiophene rings is 1. The van der Waals surface area contributed by atoms with Gasteiger partial charge in [-0.3, -0.25) is 9.36 Å². The number of nitrogens with zero attached hydrogens (tertiary/aromatic N) is 2. The van der Waals surface area contributed by atoms with Crippen LogP contribution < -0.4 is 24.4 Å². The van der Waals surface area contributed by atoms with Gasteiger partial charge in [-0.2, -0.15) is 0 Å². The molecule has 3 heterocycles. The number of rotatable bonds is 8. The second kappa shape index (κ2) is 11.7. The number of thiazole rings is 1. The van der Waals surface area contributed by atoms with Gasteiger partial charge in [0.05, 0.1) is 34.0 Å². The van der Waals surface area contributed by atoms with Crippen LogP contribution in [0.5, 0.6) is 11.5 Å². The van der Waals surface area contributed by atoms with Crippen molar-refractivity contribution in [3.05, 3.63) is 111 Å². The molecule has 0 spiro atoms. The van der Waals surface area contributed by atoms with Gasteiger partial charge in [0.2, 0.25) is 0 Å². The summed E-state index contributed by atoms with van der Waals surface area (Å²) in [5.41, 5.74) is 2.48. The largest absolute Gasteiger partial charge is 0.493 e. The van der Waals surface area contributed by atoms with Crippen LogP contribution in [0.1, 0.15) is 35.9 Å². The van der Waals surface area contributed by atoms with Crippen molar-refractivity contribution >= 4 is 50.6 Å². The lowest BCUT2D eigenvalue weighted by molar-refractivity contribution is -0.139. The number of hydrogen-bond acceptors (Lipinski definition) is 8. The summed E-state index contributed by atoms with van der Waals surface area (Å²) in [5.74, 6) is 0.648. The molecule has 1 atom stereocenters. The van der Waals surface area contributed by atoms with Gasteiger partial charge in [0, 0.05) is 4.88 Å². The number of aromatic nitrogens is 1. The van der Waals surface area contributed by atoms with Gasteiger partial charge in [-0.25, -0.2) is 9.79 Å². The Morgan fingerprint density at radius 3 is 2.67 bits per heavy atom. The van der Waals surface area contributed by atoms with Crippen LogP contribution in [0.15, 0.2) is 85.5 Å². The summed E-state index contributed by atoms with van der Waals surface area (Å²) in [6.07, 6.45) is 1.80. The third-order valence-electron chi connectivity index (χ3n) is 6.11. The highest BCUT2D eigenvalue weighted by atomic mass is 79.9. The van der Waals surface area contributed by atoms with Gasteiger partial charge in [0.15, 0.2) is 16.3 Å². The molecule has 2 aromatic heterocycles. The molecule has 0 saturated carbocycles. The lowest BCUT2D eigenvalue weighted by Crippen LogP contribution is -2.39. The van der Waals surface area contributed by atoms with Crippen LogP contribution in [0.3, 0.4) is 0 Å². The van der Waals surface area contributed by atoms with Gasteiger partial charge in [-0.05, 0) is 70.6 Å². The molecule has 1 aliphatic heterocycles. The Morgan fingerprint density at radius 1 is 1.18 bits per heavy atom. The Labute approximate surface area is 241 Å². The molecule has 39 heavy (non-hydrogen) atoms. The first-order chi connectivity index (χ1) is 18.9. The molecule has 10 heteroatoms. The van der Waals surface area contributed by atoms with E-state index in [2.05, 4.69) is 20.9 Å². The van der Waals surface area contributed by atoms with E-state index in [0.29, 0.717) is 43.2 Å². The summed E-state index contributed by atoms with van der Waals surface area (Å²) >= 11 is 6.36. The van der Waals surface area contributed by atoms with E-state index in [4.69, 9.17) is 14.2 Å². The topological polar surface area (TPSA) is 79.1 Å². The SMILES string of the molecule is CCOC(=O)C1=C(C)N=c2s/c(=C\c3cc(Br)c(OCc4ccccc4)c(OC)c3)c(=O)n2[C@H]1c1cccs1. The summed E-state index contributed by atoms with van der Waals surface area (Å²) in [6.45, 7) is 4.16. The number of hydrogen-bond donors (Lipinski definition) is 0. The zero-order valence-corrected chi connectivity index (χ0v) is 24.7. The zero-order chi connectivity index (χ0) is 27.5. The van der Waals surface area contributed by atoms with Crippen molar-refractivity contribution in [3.63, 3.8) is 0 Å². The predicted molar refractivity (Wildman–Crippen MR) is 156 cm³/mol. The molecule has 0 N–H and O–H groups in total. The minimum atomic E-state index is -0.600. The number of methoxy groups -OCH3 is 1. The van der Waals surface area contributed by atoms with E-state index in [1.54, 1.807) is 31.6 Å². The summed E-state index contributed by atoms with van der Waals surface area (Å²) in [5, 5.41) is 1.93. The Morgan fingerprint density at radius 2 is 1.97 bits per heavy atom. The van der Waals surface area contributed by atoms with Gasteiger partial charge in [-0.1, -0.05) is 47.7 Å². The van der Waals surface area contributed by atoms with E-state index >= 15 is 0 Å². The van der Waals surface area contributed by atoms with Crippen molar-refractivity contribution in [2.24, 2.45) is 4.99 Å². The number of benzene rings is 2. The van der Waals surface area contributed by atoms with Crippen molar-refractivity contribution < 1.29 is 19.0 Å². The fourth-order valence-corrected chi connectivity index (χ4v) is 6.80. The predicted octanol–water partition coefficient (Wildman–Crippen LogP) is 5.21. The van der Waals surface area contributed by atoms with E-state index in [0.717, 1.165) is 16.0 Å². The highest BCUT2D eigenvalue weighted by Crippen LogP contribution is 2.37. The maximum Gasteiger partial charge on any atom is 0.338 e. The number of halogens is 1. The third-order valence-corrected chi connectivity index (χ3v) is 8.60. The Bertz CT molecular complexity index is 1720. The van der Waals surface area contributed by atoms with Crippen LogP contribution in [-0.2, 0) is 16.1 Å². The molecular weight excluding hydrogens is 600 g/mol. The van der Waals surface area contributed by atoms with Crippen molar-refractivity contribution in [3.8, 4) is 11.5 Å². The Kier molecular flexibility index (Phi) is 8.15. The molecule has 5 rings (SSSR count). The van der Waals surface area contributed by atoms with Gasteiger partial charge in [0.1, 0.15) is 12.6 Å². The Hall–Kier alpha value is -3.47. The number of carbonyl (C=O) groups is 1. The molecule has 0 aliphatic carbocycles. The van der Waals surface area contributed by atoms with Crippen molar-refractivity contribution in [2.75, 3.05) is 13.7 Å². The van der Waals surface area contributed by atoms with Crippen LogP contribution in [-0.4, -0.2) is 24.3 Å². The van der Waals surface area contributed by atoms with Crippen LogP contribution in [0, 0.1) is 0 Å². The quantitative estimate of drug-likeness (QED) is 0.252. The van der Waals surface area contributed by atoms with Crippen molar-refractivity contribution in [1.29, 1.82) is 0 Å². The van der Waals surface area contributed by atoms with E-state index < -0.39 is 12.0 Å². The third kappa shape index (κ3) is 5.50. The first-order valence-corrected chi connectivity index (χ1v) is 14.7. The van der Waals surface area contributed by atoms with Gasteiger partial charge < -0.3 is 14.2 Å². The molecule has 0 fully saturated rings. The number of ether oxygens (including phenoxy) is 3. The molecule has 200 valence electrons. The minimum Gasteiger partial charge on any atom is -0.493 e. The first-order valence-electron chi connectivity index (χ1n) is 12.2. The fraction of sp³-hybridized carbons (Fsp3) is 0.207. The van der Waals surface area contributed by atoms with Gasteiger partial charge in [0.25, 0.3) is 5.56 Å². The average Bonchev–Trinajstić information content (AvgIpc) is 3.56. The highest BCUT2D eigenvalue weighted by Gasteiger charge is 2.33. The molecule has 0 radical (unpaired) electrons. The summed E-state index contributed by atoms with van der Waals surface area (Å²) < 4.78 is 19.8. The number of esters is 1. The maximum atomic E-state index is 13.8. The molecule has 0 unspecified atom stereocenters. The molecule has 0 saturated heterocycles. The second-order valence-corrected chi connectivity index (χ2v) is 11.5. The number of carbonyl (C=O) groups excluding carboxylic acids is 1. The molecule has 2 aromatic carbocycles. The lowest BCUT2D eigenvalue weighted by Gasteiger charge is -2.23. The van der Waals surface area contributed by atoms with Crippen LogP contribution >= 0.6 is 38.6 Å². The van der Waals surface area contributed by atoms with E-state index in [-0.39, 0.29) is 12.2 Å². The maximum absolute atomic E-state index is 13.8. The van der Waals surface area contributed by atoms with Crippen molar-refractivity contribution in [1.82, 2.24) is 4.57 Å². The average molecular weight is 626 g/mol. The van der Waals surface area contributed by atoms with Crippen LogP contribution in [0.2, 0.25) is 0 Å². The highest BCUT2D eigenvalue weighted by molar-refractivity contribution is 9.10.